The lowest BCUT2D eigenvalue weighted by Gasteiger charge is -2.05. The molecule has 0 aromatic heterocycles. The van der Waals surface area contributed by atoms with Crippen molar-refractivity contribution in [3.8, 4) is 17.2 Å². The minimum atomic E-state index is -0.321. The van der Waals surface area contributed by atoms with Crippen LogP contribution in [-0.4, -0.2) is 29.0 Å². The summed E-state index contributed by atoms with van der Waals surface area (Å²) in [6, 6.07) is 2.43. The van der Waals surface area contributed by atoms with Crippen LogP contribution >= 0.6 is 0 Å². The Morgan fingerprint density at radius 3 is 2.31 bits per heavy atom. The second-order valence-electron chi connectivity index (χ2n) is 2.71. The molecule has 72 valence electrons. The summed E-state index contributed by atoms with van der Waals surface area (Å²) in [5, 5.41) is 27.4. The second kappa shape index (κ2) is 4.00. The molecule has 0 aliphatic heterocycles. The number of phenolic OH excluding ortho intramolecular Hbond substituents is 3. The summed E-state index contributed by atoms with van der Waals surface area (Å²) in [6.45, 7) is 0.456. The van der Waals surface area contributed by atoms with Crippen LogP contribution in [0.3, 0.4) is 0 Å². The Hall–Kier alpha value is -1.42. The monoisotopic (exact) mass is 184 g/mol. The lowest BCUT2D eigenvalue weighted by atomic mass is 10.1. The van der Waals surface area contributed by atoms with Gasteiger partial charge in [-0.25, -0.2) is 0 Å². The molecule has 0 radical (unpaired) electrons. The molecule has 0 spiro atoms. The van der Waals surface area contributed by atoms with Crippen LogP contribution in [0.4, 0.5) is 0 Å². The fraction of sp³-hybridized carbons (Fsp3) is 0.333. The number of ether oxygens (including phenoxy) is 1. The standard InChI is InChI=1S/C9H12O4/c1-13-3-2-6-4-8(11)9(12)5-7(6)10/h4-5,10-12H,2-3H2,1H3. The second-order valence-corrected chi connectivity index (χ2v) is 2.71. The van der Waals surface area contributed by atoms with Crippen LogP contribution in [0.1, 0.15) is 5.56 Å². The first-order valence-corrected chi connectivity index (χ1v) is 3.88. The third-order valence-electron chi connectivity index (χ3n) is 1.75. The zero-order chi connectivity index (χ0) is 9.84. The average Bonchev–Trinajstić information content (AvgIpc) is 2.09. The van der Waals surface area contributed by atoms with Gasteiger partial charge in [0.05, 0.1) is 6.61 Å². The average molecular weight is 184 g/mol. The highest BCUT2D eigenvalue weighted by molar-refractivity contribution is 5.48. The number of benzene rings is 1. The predicted molar refractivity (Wildman–Crippen MR) is 47.0 cm³/mol. The first-order valence-electron chi connectivity index (χ1n) is 3.88. The molecular weight excluding hydrogens is 172 g/mol. The van der Waals surface area contributed by atoms with Crippen molar-refractivity contribution in [2.75, 3.05) is 13.7 Å². The van der Waals surface area contributed by atoms with E-state index in [0.717, 1.165) is 6.07 Å². The zero-order valence-corrected chi connectivity index (χ0v) is 7.32. The molecule has 0 bridgehead atoms. The number of methoxy groups -OCH3 is 1. The van der Waals surface area contributed by atoms with Gasteiger partial charge in [-0.05, 0) is 12.5 Å². The van der Waals surface area contributed by atoms with Gasteiger partial charge in [-0.1, -0.05) is 0 Å². The molecule has 0 aliphatic carbocycles. The number of phenols is 3. The van der Waals surface area contributed by atoms with Gasteiger partial charge in [0.25, 0.3) is 0 Å². The maximum atomic E-state index is 9.32. The van der Waals surface area contributed by atoms with E-state index in [9.17, 15) is 5.11 Å². The lowest BCUT2D eigenvalue weighted by Crippen LogP contribution is -1.94. The highest BCUT2D eigenvalue weighted by Crippen LogP contribution is 2.32. The number of rotatable bonds is 3. The molecule has 13 heavy (non-hydrogen) atoms. The molecule has 0 atom stereocenters. The van der Waals surface area contributed by atoms with Crippen molar-refractivity contribution >= 4 is 0 Å². The van der Waals surface area contributed by atoms with Gasteiger partial charge in [0.2, 0.25) is 0 Å². The molecule has 0 unspecified atom stereocenters. The SMILES string of the molecule is COCCc1cc(O)c(O)cc1O. The molecular formula is C9H12O4. The Morgan fingerprint density at radius 1 is 1.08 bits per heavy atom. The van der Waals surface area contributed by atoms with Gasteiger partial charge in [-0.15, -0.1) is 0 Å². The third kappa shape index (κ3) is 2.26. The van der Waals surface area contributed by atoms with Crippen LogP contribution in [0.15, 0.2) is 12.1 Å². The smallest absolute Gasteiger partial charge is 0.161 e. The predicted octanol–water partition coefficient (Wildman–Crippen LogP) is 0.992. The van der Waals surface area contributed by atoms with Crippen molar-refractivity contribution in [3.63, 3.8) is 0 Å². The normalized spacial score (nSPS) is 10.2. The summed E-state index contributed by atoms with van der Waals surface area (Å²) in [4.78, 5) is 0. The summed E-state index contributed by atoms with van der Waals surface area (Å²) < 4.78 is 4.82. The first kappa shape index (κ1) is 9.67. The van der Waals surface area contributed by atoms with Crippen LogP contribution in [0.5, 0.6) is 17.2 Å². The van der Waals surface area contributed by atoms with Gasteiger partial charge in [0.15, 0.2) is 11.5 Å². The number of hydrogen-bond donors (Lipinski definition) is 3. The minimum Gasteiger partial charge on any atom is -0.508 e. The summed E-state index contributed by atoms with van der Waals surface area (Å²) in [7, 11) is 1.55. The Balaban J connectivity index is 2.88. The van der Waals surface area contributed by atoms with E-state index in [-0.39, 0.29) is 17.2 Å². The van der Waals surface area contributed by atoms with E-state index in [1.165, 1.54) is 6.07 Å². The van der Waals surface area contributed by atoms with Crippen molar-refractivity contribution in [1.29, 1.82) is 0 Å². The third-order valence-corrected chi connectivity index (χ3v) is 1.75. The molecule has 0 heterocycles. The van der Waals surface area contributed by atoms with Crippen LogP contribution in [0.2, 0.25) is 0 Å². The van der Waals surface area contributed by atoms with Gasteiger partial charge < -0.3 is 20.1 Å². The molecule has 1 aromatic carbocycles. The molecule has 0 saturated carbocycles. The van der Waals surface area contributed by atoms with Crippen molar-refractivity contribution in [1.82, 2.24) is 0 Å². The fourth-order valence-electron chi connectivity index (χ4n) is 1.02. The highest BCUT2D eigenvalue weighted by Gasteiger charge is 2.06. The van der Waals surface area contributed by atoms with Gasteiger partial charge in [-0.2, -0.15) is 0 Å². The van der Waals surface area contributed by atoms with E-state index in [4.69, 9.17) is 14.9 Å². The maximum Gasteiger partial charge on any atom is 0.161 e. The number of aromatic hydroxyl groups is 3. The van der Waals surface area contributed by atoms with E-state index >= 15 is 0 Å². The molecule has 4 nitrogen and oxygen atoms in total. The Morgan fingerprint density at radius 2 is 1.69 bits per heavy atom. The van der Waals surface area contributed by atoms with Crippen LogP contribution in [-0.2, 0) is 11.2 Å². The van der Waals surface area contributed by atoms with Crippen molar-refractivity contribution in [2.24, 2.45) is 0 Å². The number of hydrogen-bond acceptors (Lipinski definition) is 4. The molecule has 0 fully saturated rings. The Kier molecular flexibility index (Phi) is 2.97. The van der Waals surface area contributed by atoms with E-state index < -0.39 is 0 Å². The lowest BCUT2D eigenvalue weighted by molar-refractivity contribution is 0.201. The summed E-state index contributed by atoms with van der Waals surface area (Å²) >= 11 is 0. The molecule has 0 amide bonds. The van der Waals surface area contributed by atoms with E-state index in [1.54, 1.807) is 7.11 Å². The van der Waals surface area contributed by atoms with Crippen molar-refractivity contribution < 1.29 is 20.1 Å². The van der Waals surface area contributed by atoms with Gasteiger partial charge >= 0.3 is 0 Å². The van der Waals surface area contributed by atoms with E-state index in [0.29, 0.717) is 18.6 Å². The molecule has 3 N–H and O–H groups in total. The van der Waals surface area contributed by atoms with Gasteiger partial charge in [0, 0.05) is 18.7 Å². The summed E-state index contributed by atoms with van der Waals surface area (Å²) in [5.41, 5.74) is 0.553. The van der Waals surface area contributed by atoms with Gasteiger partial charge in [-0.3, -0.25) is 0 Å². The fourth-order valence-corrected chi connectivity index (χ4v) is 1.02. The minimum absolute atomic E-state index is 0.0349. The van der Waals surface area contributed by atoms with Crippen LogP contribution < -0.4 is 0 Å². The van der Waals surface area contributed by atoms with Crippen molar-refractivity contribution in [2.45, 2.75) is 6.42 Å². The van der Waals surface area contributed by atoms with Crippen molar-refractivity contribution in [3.05, 3.63) is 17.7 Å². The molecule has 1 rings (SSSR count). The largest absolute Gasteiger partial charge is 0.508 e. The Bertz CT molecular complexity index is 296. The molecule has 4 heteroatoms. The zero-order valence-electron chi connectivity index (χ0n) is 7.32. The Labute approximate surface area is 76.0 Å². The molecule has 0 saturated heterocycles. The molecule has 0 aliphatic rings. The first-order chi connectivity index (χ1) is 6.15. The van der Waals surface area contributed by atoms with Gasteiger partial charge in [0.1, 0.15) is 5.75 Å². The molecule has 1 aromatic rings. The maximum absolute atomic E-state index is 9.32. The van der Waals surface area contributed by atoms with Crippen LogP contribution in [0.25, 0.3) is 0 Å². The summed E-state index contributed by atoms with van der Waals surface area (Å²) in [6.07, 6.45) is 0.496. The van der Waals surface area contributed by atoms with E-state index in [1.807, 2.05) is 0 Å². The highest BCUT2D eigenvalue weighted by atomic mass is 16.5. The van der Waals surface area contributed by atoms with Crippen LogP contribution in [0, 0.1) is 0 Å². The quantitative estimate of drug-likeness (QED) is 0.484. The summed E-state index contributed by atoms with van der Waals surface area (Å²) in [5.74, 6) is -0.588. The topological polar surface area (TPSA) is 69.9 Å². The van der Waals surface area contributed by atoms with E-state index in [2.05, 4.69) is 0 Å².